The maximum absolute atomic E-state index is 14.2. The summed E-state index contributed by atoms with van der Waals surface area (Å²) in [5.74, 6) is -2.51. The van der Waals surface area contributed by atoms with Crippen LogP contribution in [0, 0.1) is 5.82 Å². The van der Waals surface area contributed by atoms with Crippen molar-refractivity contribution in [2.75, 3.05) is 13.7 Å². The van der Waals surface area contributed by atoms with Gasteiger partial charge in [-0.2, -0.15) is 13.2 Å². The van der Waals surface area contributed by atoms with E-state index in [1.165, 1.54) is 7.11 Å². The van der Waals surface area contributed by atoms with E-state index in [0.717, 1.165) is 13.1 Å². The van der Waals surface area contributed by atoms with Crippen LogP contribution >= 0.6 is 11.6 Å². The Morgan fingerprint density at radius 1 is 1.22 bits per heavy atom. The van der Waals surface area contributed by atoms with Gasteiger partial charge >= 0.3 is 17.8 Å². The van der Waals surface area contributed by atoms with Crippen LogP contribution in [0.3, 0.4) is 0 Å². The number of nitrogens with zero attached hydrogens (tertiary/aromatic N) is 2. The standard InChI is InChI=1S/C15H11ClF4N2O5/c1-21-11(15(18,19)20)5-12(23)22(14(21)25)9-4-10(7(16)3-8(9)17)27-13(24)6-26-2/h3-5H,6H2,1-2H3. The third-order valence-electron chi connectivity index (χ3n) is 3.34. The molecule has 1 aromatic carbocycles. The summed E-state index contributed by atoms with van der Waals surface area (Å²) in [4.78, 5) is 35.8. The van der Waals surface area contributed by atoms with Crippen molar-refractivity contribution >= 4 is 17.6 Å². The summed E-state index contributed by atoms with van der Waals surface area (Å²) < 4.78 is 62.6. The average molecular weight is 411 g/mol. The van der Waals surface area contributed by atoms with Crippen molar-refractivity contribution in [3.63, 3.8) is 0 Å². The number of hydrogen-bond donors (Lipinski definition) is 0. The van der Waals surface area contributed by atoms with Crippen molar-refractivity contribution < 1.29 is 31.8 Å². The smallest absolute Gasteiger partial charge is 0.423 e. The van der Waals surface area contributed by atoms with Crippen LogP contribution in [0.2, 0.25) is 5.02 Å². The molecule has 0 aliphatic carbocycles. The topological polar surface area (TPSA) is 79.5 Å². The number of carbonyl (C=O) groups is 1. The van der Waals surface area contributed by atoms with E-state index in [0.29, 0.717) is 6.07 Å². The highest BCUT2D eigenvalue weighted by molar-refractivity contribution is 6.32. The first-order valence-corrected chi connectivity index (χ1v) is 7.44. The summed E-state index contributed by atoms with van der Waals surface area (Å²) >= 11 is 5.75. The molecule has 2 rings (SSSR count). The normalized spacial score (nSPS) is 11.5. The fourth-order valence-corrected chi connectivity index (χ4v) is 2.35. The van der Waals surface area contributed by atoms with Gasteiger partial charge in [-0.05, 0) is 6.07 Å². The molecule has 0 radical (unpaired) electrons. The third-order valence-corrected chi connectivity index (χ3v) is 3.63. The van der Waals surface area contributed by atoms with E-state index in [1.54, 1.807) is 0 Å². The zero-order valence-electron chi connectivity index (χ0n) is 13.8. The minimum Gasteiger partial charge on any atom is -0.423 e. The molecule has 0 aliphatic rings. The van der Waals surface area contributed by atoms with Gasteiger partial charge in [0.15, 0.2) is 5.75 Å². The lowest BCUT2D eigenvalue weighted by Gasteiger charge is -2.15. The lowest BCUT2D eigenvalue weighted by molar-refractivity contribution is -0.144. The molecular formula is C15H11ClF4N2O5. The molecule has 7 nitrogen and oxygen atoms in total. The second-order valence-corrected chi connectivity index (χ2v) is 5.59. The Bertz CT molecular complexity index is 1010. The molecule has 2 aromatic rings. The second-order valence-electron chi connectivity index (χ2n) is 5.18. The maximum atomic E-state index is 14.2. The van der Waals surface area contributed by atoms with E-state index in [-0.39, 0.29) is 20.2 Å². The Labute approximate surface area is 153 Å². The van der Waals surface area contributed by atoms with Gasteiger partial charge in [-0.15, -0.1) is 0 Å². The minimum absolute atomic E-state index is 0.145. The highest BCUT2D eigenvalue weighted by Crippen LogP contribution is 2.30. The fourth-order valence-electron chi connectivity index (χ4n) is 2.16. The van der Waals surface area contributed by atoms with Crippen molar-refractivity contribution in [1.82, 2.24) is 9.13 Å². The van der Waals surface area contributed by atoms with Crippen molar-refractivity contribution in [2.45, 2.75) is 6.18 Å². The molecule has 0 fully saturated rings. The molecule has 0 aliphatic heterocycles. The van der Waals surface area contributed by atoms with Crippen molar-refractivity contribution in [2.24, 2.45) is 7.05 Å². The molecular weight excluding hydrogens is 400 g/mol. The number of halogens is 5. The maximum Gasteiger partial charge on any atom is 0.431 e. The van der Waals surface area contributed by atoms with Crippen molar-refractivity contribution in [1.29, 1.82) is 0 Å². The Kier molecular flexibility index (Phi) is 5.76. The van der Waals surface area contributed by atoms with Gasteiger partial charge in [-0.25, -0.2) is 18.5 Å². The summed E-state index contributed by atoms with van der Waals surface area (Å²) in [5, 5.41) is -0.363. The van der Waals surface area contributed by atoms with E-state index in [2.05, 4.69) is 4.74 Å². The molecule has 0 bridgehead atoms. The van der Waals surface area contributed by atoms with E-state index in [1.807, 2.05) is 0 Å². The summed E-state index contributed by atoms with van der Waals surface area (Å²) in [6.07, 6.45) is -4.97. The zero-order valence-corrected chi connectivity index (χ0v) is 14.5. The summed E-state index contributed by atoms with van der Waals surface area (Å²) in [7, 11) is 1.98. The molecule has 27 heavy (non-hydrogen) atoms. The first-order chi connectivity index (χ1) is 12.5. The SMILES string of the molecule is COCC(=O)Oc1cc(-n2c(=O)cc(C(F)(F)F)n(C)c2=O)c(F)cc1Cl. The van der Waals surface area contributed by atoms with E-state index in [4.69, 9.17) is 16.3 Å². The Balaban J connectivity index is 2.69. The molecule has 1 aromatic heterocycles. The predicted octanol–water partition coefficient (Wildman–Crippen LogP) is 1.90. The molecule has 0 saturated carbocycles. The Hall–Kier alpha value is -2.66. The van der Waals surface area contributed by atoms with Crippen LogP contribution in [0.4, 0.5) is 17.6 Å². The number of benzene rings is 1. The summed E-state index contributed by atoms with van der Waals surface area (Å²) in [5.41, 5.74) is -5.13. The summed E-state index contributed by atoms with van der Waals surface area (Å²) in [6.45, 7) is -0.467. The van der Waals surface area contributed by atoms with Crippen LogP contribution in [0.1, 0.15) is 5.69 Å². The molecule has 0 spiro atoms. The van der Waals surface area contributed by atoms with Crippen LogP contribution in [-0.4, -0.2) is 28.8 Å². The number of hydrogen-bond acceptors (Lipinski definition) is 5. The largest absolute Gasteiger partial charge is 0.431 e. The second kappa shape index (κ2) is 7.53. The highest BCUT2D eigenvalue weighted by Gasteiger charge is 2.35. The van der Waals surface area contributed by atoms with Gasteiger partial charge < -0.3 is 9.47 Å². The average Bonchev–Trinajstić information content (AvgIpc) is 2.54. The molecule has 0 atom stereocenters. The van der Waals surface area contributed by atoms with Gasteiger partial charge in [0.1, 0.15) is 18.1 Å². The van der Waals surface area contributed by atoms with Gasteiger partial charge in [0.2, 0.25) is 0 Å². The van der Waals surface area contributed by atoms with Crippen molar-refractivity contribution in [3.05, 3.63) is 55.6 Å². The molecule has 0 saturated heterocycles. The molecule has 12 heteroatoms. The minimum atomic E-state index is -4.97. The first kappa shape index (κ1) is 20.6. The van der Waals surface area contributed by atoms with Crippen LogP contribution < -0.4 is 16.0 Å². The van der Waals surface area contributed by atoms with Gasteiger partial charge in [0.05, 0.1) is 10.7 Å². The van der Waals surface area contributed by atoms with E-state index < -0.39 is 52.9 Å². The number of aromatic nitrogens is 2. The quantitative estimate of drug-likeness (QED) is 0.437. The van der Waals surface area contributed by atoms with Crippen LogP contribution in [0.15, 0.2) is 27.8 Å². The molecule has 1 heterocycles. The summed E-state index contributed by atoms with van der Waals surface area (Å²) in [6, 6.07) is 1.54. The lowest BCUT2D eigenvalue weighted by atomic mass is 10.2. The highest BCUT2D eigenvalue weighted by atomic mass is 35.5. The number of alkyl halides is 3. The van der Waals surface area contributed by atoms with Crippen LogP contribution in [0.25, 0.3) is 5.69 Å². The number of rotatable bonds is 4. The van der Waals surface area contributed by atoms with E-state index >= 15 is 0 Å². The van der Waals surface area contributed by atoms with Gasteiger partial charge in [0.25, 0.3) is 5.56 Å². The predicted molar refractivity (Wildman–Crippen MR) is 84.8 cm³/mol. The lowest BCUT2D eigenvalue weighted by Crippen LogP contribution is -2.41. The number of esters is 1. The van der Waals surface area contributed by atoms with Crippen LogP contribution in [0.5, 0.6) is 5.75 Å². The number of ether oxygens (including phenoxy) is 2. The molecule has 0 unspecified atom stereocenters. The molecule has 0 N–H and O–H groups in total. The van der Waals surface area contributed by atoms with Crippen LogP contribution in [-0.2, 0) is 22.8 Å². The fraction of sp³-hybridized carbons (Fsp3) is 0.267. The Morgan fingerprint density at radius 2 is 1.85 bits per heavy atom. The molecule has 0 amide bonds. The number of carbonyl (C=O) groups excluding carboxylic acids is 1. The third kappa shape index (κ3) is 4.19. The molecule has 146 valence electrons. The zero-order chi connectivity index (χ0) is 20.5. The van der Waals surface area contributed by atoms with Gasteiger partial charge in [-0.3, -0.25) is 9.36 Å². The van der Waals surface area contributed by atoms with Crippen molar-refractivity contribution in [3.8, 4) is 11.4 Å². The Morgan fingerprint density at radius 3 is 2.41 bits per heavy atom. The van der Waals surface area contributed by atoms with E-state index in [9.17, 15) is 31.9 Å². The van der Waals surface area contributed by atoms with Gasteiger partial charge in [0, 0.05) is 26.3 Å². The van der Waals surface area contributed by atoms with Gasteiger partial charge in [-0.1, -0.05) is 11.6 Å². The monoisotopic (exact) mass is 410 g/mol. The first-order valence-electron chi connectivity index (χ1n) is 7.06. The number of methoxy groups -OCH3 is 1.